The third kappa shape index (κ3) is 3.33. The number of carbonyl (C=O) groups is 1. The van der Waals surface area contributed by atoms with Crippen LogP contribution in [0.3, 0.4) is 0 Å². The highest BCUT2D eigenvalue weighted by atomic mass is 35.5. The van der Waals surface area contributed by atoms with Gasteiger partial charge in [-0.25, -0.2) is 0 Å². The molecule has 2 fully saturated rings. The van der Waals surface area contributed by atoms with Gasteiger partial charge in [-0.3, -0.25) is 4.79 Å². The summed E-state index contributed by atoms with van der Waals surface area (Å²) in [5, 5.41) is 6.68. The Morgan fingerprint density at radius 3 is 2.88 bits per heavy atom. The molecule has 1 aliphatic carbocycles. The highest BCUT2D eigenvalue weighted by Gasteiger charge is 2.38. The predicted molar refractivity (Wildman–Crippen MR) is 93.7 cm³/mol. The van der Waals surface area contributed by atoms with Crippen LogP contribution in [0.2, 0.25) is 0 Å². The van der Waals surface area contributed by atoms with Crippen molar-refractivity contribution in [2.45, 2.75) is 57.2 Å². The van der Waals surface area contributed by atoms with Gasteiger partial charge in [-0.2, -0.15) is 0 Å². The maximum Gasteiger partial charge on any atom is 0.237 e. The summed E-state index contributed by atoms with van der Waals surface area (Å²) < 4.78 is 10.7. The molecule has 1 aromatic carbocycles. The van der Waals surface area contributed by atoms with Gasteiger partial charge in [0.1, 0.15) is 0 Å². The van der Waals surface area contributed by atoms with Crippen LogP contribution in [0.1, 0.15) is 50.6 Å². The molecule has 1 aromatic rings. The SMILES string of the molecule is CC(NC(=O)C1CC2CCCCC2N1)c1ccc2c(c1)OCO2.Cl. The van der Waals surface area contributed by atoms with Gasteiger partial charge in [0.05, 0.1) is 12.1 Å². The molecule has 4 atom stereocenters. The van der Waals surface area contributed by atoms with Crippen LogP contribution >= 0.6 is 12.4 Å². The van der Waals surface area contributed by atoms with Gasteiger partial charge in [0.2, 0.25) is 12.7 Å². The van der Waals surface area contributed by atoms with Gasteiger partial charge in [0.15, 0.2) is 11.5 Å². The molecule has 4 unspecified atom stereocenters. The minimum Gasteiger partial charge on any atom is -0.454 e. The fraction of sp³-hybridized carbons (Fsp3) is 0.611. The van der Waals surface area contributed by atoms with Crippen molar-refractivity contribution >= 4 is 18.3 Å². The van der Waals surface area contributed by atoms with Crippen molar-refractivity contribution in [3.63, 3.8) is 0 Å². The van der Waals surface area contributed by atoms with Gasteiger partial charge in [-0.1, -0.05) is 18.9 Å². The molecular formula is C18H25ClN2O3. The van der Waals surface area contributed by atoms with E-state index >= 15 is 0 Å². The van der Waals surface area contributed by atoms with E-state index in [-0.39, 0.29) is 37.2 Å². The number of fused-ring (bicyclic) bond motifs is 2. The van der Waals surface area contributed by atoms with Crippen molar-refractivity contribution in [2.24, 2.45) is 5.92 Å². The molecule has 24 heavy (non-hydrogen) atoms. The van der Waals surface area contributed by atoms with Crippen LogP contribution in [-0.4, -0.2) is 24.8 Å². The van der Waals surface area contributed by atoms with Crippen LogP contribution in [-0.2, 0) is 4.79 Å². The number of carbonyl (C=O) groups excluding carboxylic acids is 1. The van der Waals surface area contributed by atoms with Crippen LogP contribution in [0.4, 0.5) is 0 Å². The van der Waals surface area contributed by atoms with E-state index in [9.17, 15) is 4.79 Å². The Balaban J connectivity index is 0.00000169. The maximum atomic E-state index is 12.6. The number of hydrogen-bond donors (Lipinski definition) is 2. The third-order valence-electron chi connectivity index (χ3n) is 5.43. The predicted octanol–water partition coefficient (Wildman–Crippen LogP) is 2.94. The molecule has 1 saturated carbocycles. The summed E-state index contributed by atoms with van der Waals surface area (Å²) in [4.78, 5) is 12.6. The number of nitrogens with one attached hydrogen (secondary N) is 2. The molecule has 132 valence electrons. The lowest BCUT2D eigenvalue weighted by Crippen LogP contribution is -2.43. The van der Waals surface area contributed by atoms with E-state index in [1.807, 2.05) is 25.1 Å². The Morgan fingerprint density at radius 1 is 1.25 bits per heavy atom. The van der Waals surface area contributed by atoms with Gasteiger partial charge in [0.25, 0.3) is 0 Å². The minimum atomic E-state index is -0.0421. The fourth-order valence-electron chi connectivity index (χ4n) is 4.10. The molecule has 1 amide bonds. The largest absolute Gasteiger partial charge is 0.454 e. The van der Waals surface area contributed by atoms with Crippen molar-refractivity contribution in [3.05, 3.63) is 23.8 Å². The van der Waals surface area contributed by atoms with Crippen LogP contribution < -0.4 is 20.1 Å². The fourth-order valence-corrected chi connectivity index (χ4v) is 4.10. The van der Waals surface area contributed by atoms with E-state index in [1.165, 1.54) is 25.7 Å². The van der Waals surface area contributed by atoms with E-state index in [0.717, 1.165) is 23.5 Å². The van der Waals surface area contributed by atoms with Crippen LogP contribution in [0.5, 0.6) is 11.5 Å². The Labute approximate surface area is 148 Å². The van der Waals surface area contributed by atoms with E-state index in [1.54, 1.807) is 0 Å². The molecule has 2 heterocycles. The molecule has 0 aromatic heterocycles. The van der Waals surface area contributed by atoms with Gasteiger partial charge in [-0.15, -0.1) is 12.4 Å². The van der Waals surface area contributed by atoms with E-state index in [0.29, 0.717) is 12.0 Å². The van der Waals surface area contributed by atoms with Crippen molar-refractivity contribution in [1.29, 1.82) is 0 Å². The summed E-state index contributed by atoms with van der Waals surface area (Å²) in [7, 11) is 0. The molecule has 0 bridgehead atoms. The van der Waals surface area contributed by atoms with E-state index in [4.69, 9.17) is 9.47 Å². The lowest BCUT2D eigenvalue weighted by atomic mass is 9.85. The highest BCUT2D eigenvalue weighted by molar-refractivity contribution is 5.85. The number of halogens is 1. The number of ether oxygens (including phenoxy) is 2. The number of hydrogen-bond acceptors (Lipinski definition) is 4. The van der Waals surface area contributed by atoms with Crippen molar-refractivity contribution in [2.75, 3.05) is 6.79 Å². The van der Waals surface area contributed by atoms with Gasteiger partial charge in [0, 0.05) is 6.04 Å². The summed E-state index contributed by atoms with van der Waals surface area (Å²) in [6, 6.07) is 6.30. The first-order valence-electron chi connectivity index (χ1n) is 8.66. The van der Waals surface area contributed by atoms with Crippen molar-refractivity contribution in [1.82, 2.24) is 10.6 Å². The normalized spacial score (nSPS) is 28.6. The topological polar surface area (TPSA) is 59.6 Å². The Kier molecular flexibility index (Phi) is 5.21. The van der Waals surface area contributed by atoms with Gasteiger partial charge >= 0.3 is 0 Å². The average Bonchev–Trinajstić information content (AvgIpc) is 3.20. The van der Waals surface area contributed by atoms with Crippen molar-refractivity contribution < 1.29 is 14.3 Å². The van der Waals surface area contributed by atoms with Crippen molar-refractivity contribution in [3.8, 4) is 11.5 Å². The zero-order valence-electron chi connectivity index (χ0n) is 13.9. The maximum absolute atomic E-state index is 12.6. The lowest BCUT2D eigenvalue weighted by Gasteiger charge is -2.24. The molecule has 0 radical (unpaired) electrons. The van der Waals surface area contributed by atoms with Crippen LogP contribution in [0, 0.1) is 5.92 Å². The van der Waals surface area contributed by atoms with E-state index < -0.39 is 0 Å². The summed E-state index contributed by atoms with van der Waals surface area (Å²) >= 11 is 0. The monoisotopic (exact) mass is 352 g/mol. The molecule has 4 rings (SSSR count). The van der Waals surface area contributed by atoms with Crippen LogP contribution in [0.25, 0.3) is 0 Å². The number of rotatable bonds is 3. The zero-order chi connectivity index (χ0) is 15.8. The average molecular weight is 353 g/mol. The Hall–Kier alpha value is -1.46. The second-order valence-electron chi connectivity index (χ2n) is 6.95. The van der Waals surface area contributed by atoms with Crippen LogP contribution in [0.15, 0.2) is 18.2 Å². The molecule has 0 spiro atoms. The first-order chi connectivity index (χ1) is 11.2. The summed E-state index contributed by atoms with van der Waals surface area (Å²) in [5.74, 6) is 2.33. The summed E-state index contributed by atoms with van der Waals surface area (Å²) in [6.07, 6.45) is 6.05. The van der Waals surface area contributed by atoms with Gasteiger partial charge in [-0.05, 0) is 49.8 Å². The quantitative estimate of drug-likeness (QED) is 0.878. The molecule has 6 heteroatoms. The molecular weight excluding hydrogens is 328 g/mol. The first kappa shape index (κ1) is 17.4. The molecule has 2 aliphatic heterocycles. The molecule has 5 nitrogen and oxygen atoms in total. The molecule has 1 saturated heterocycles. The Bertz CT molecular complexity index is 596. The Morgan fingerprint density at radius 2 is 2.04 bits per heavy atom. The first-order valence-corrected chi connectivity index (χ1v) is 8.66. The lowest BCUT2D eigenvalue weighted by molar-refractivity contribution is -0.123. The van der Waals surface area contributed by atoms with Gasteiger partial charge < -0.3 is 20.1 Å². The highest BCUT2D eigenvalue weighted by Crippen LogP contribution is 2.35. The number of benzene rings is 1. The second-order valence-corrected chi connectivity index (χ2v) is 6.95. The van der Waals surface area contributed by atoms with E-state index in [2.05, 4.69) is 10.6 Å². The smallest absolute Gasteiger partial charge is 0.237 e. The summed E-state index contributed by atoms with van der Waals surface area (Å²) in [6.45, 7) is 2.28. The second kappa shape index (κ2) is 7.19. The third-order valence-corrected chi connectivity index (χ3v) is 5.43. The minimum absolute atomic E-state index is 0. The molecule has 2 N–H and O–H groups in total. The standard InChI is InChI=1S/C18H24N2O3.ClH/c1-11(12-6-7-16-17(9-12)23-10-22-16)19-18(21)15-8-13-4-2-3-5-14(13)20-15;/h6-7,9,11,13-15,20H,2-5,8,10H2,1H3,(H,19,21);1H. The number of amides is 1. The summed E-state index contributed by atoms with van der Waals surface area (Å²) in [5.41, 5.74) is 1.04. The zero-order valence-corrected chi connectivity index (χ0v) is 14.7. The molecule has 3 aliphatic rings.